The quantitative estimate of drug-likeness (QED) is 0.691. The molecule has 1 aliphatic rings. The normalized spacial score (nSPS) is 18.9. The lowest BCUT2D eigenvalue weighted by Gasteiger charge is -2.34. The van der Waals surface area contributed by atoms with Gasteiger partial charge in [0.2, 0.25) is 0 Å². The highest BCUT2D eigenvalue weighted by Gasteiger charge is 2.26. The number of halogens is 3. The number of alkyl halides is 3. The Kier molecular flexibility index (Phi) is 7.71. The maximum absolute atomic E-state index is 12.0. The smallest absolute Gasteiger partial charge is 0.330 e. The summed E-state index contributed by atoms with van der Waals surface area (Å²) in [5.74, 6) is 0. The zero-order valence-corrected chi connectivity index (χ0v) is 11.6. The fourth-order valence-electron chi connectivity index (χ4n) is 2.40. The second-order valence-electron chi connectivity index (χ2n) is 5.25. The van der Waals surface area contributed by atoms with E-state index in [4.69, 9.17) is 5.73 Å². The Morgan fingerprint density at radius 2 is 1.32 bits per heavy atom. The van der Waals surface area contributed by atoms with Crippen molar-refractivity contribution in [1.82, 2.24) is 9.80 Å². The standard InChI is InChI=1S/C13H26F3N3/c14-13(15,16)5-4-8-19-11-9-18(10-12-19)7-3-1-2-6-17/h1-12,17H2. The highest BCUT2D eigenvalue weighted by atomic mass is 19.4. The van der Waals surface area contributed by atoms with E-state index in [1.807, 2.05) is 0 Å². The summed E-state index contributed by atoms with van der Waals surface area (Å²) in [6, 6.07) is 0. The van der Waals surface area contributed by atoms with Crippen LogP contribution in [0.15, 0.2) is 0 Å². The number of rotatable bonds is 8. The van der Waals surface area contributed by atoms with Crippen LogP contribution in [-0.2, 0) is 0 Å². The average molecular weight is 281 g/mol. The van der Waals surface area contributed by atoms with Crippen molar-refractivity contribution >= 4 is 0 Å². The van der Waals surface area contributed by atoms with Crippen LogP contribution in [0.3, 0.4) is 0 Å². The Labute approximate surface area is 113 Å². The summed E-state index contributed by atoms with van der Waals surface area (Å²) >= 11 is 0. The second-order valence-corrected chi connectivity index (χ2v) is 5.25. The van der Waals surface area contributed by atoms with Crippen molar-refractivity contribution in [3.63, 3.8) is 0 Å². The van der Waals surface area contributed by atoms with E-state index in [0.29, 0.717) is 6.54 Å². The highest BCUT2D eigenvalue weighted by Crippen LogP contribution is 2.21. The van der Waals surface area contributed by atoms with Crippen molar-refractivity contribution in [2.75, 3.05) is 45.8 Å². The van der Waals surface area contributed by atoms with E-state index in [1.165, 1.54) is 12.8 Å². The zero-order chi connectivity index (χ0) is 14.1. The van der Waals surface area contributed by atoms with Gasteiger partial charge >= 0.3 is 6.18 Å². The second kappa shape index (κ2) is 8.76. The van der Waals surface area contributed by atoms with Crippen molar-refractivity contribution in [1.29, 1.82) is 0 Å². The van der Waals surface area contributed by atoms with Gasteiger partial charge in [-0.15, -0.1) is 0 Å². The van der Waals surface area contributed by atoms with Crippen molar-refractivity contribution in [2.24, 2.45) is 5.73 Å². The van der Waals surface area contributed by atoms with Gasteiger partial charge in [-0.2, -0.15) is 13.2 Å². The lowest BCUT2D eigenvalue weighted by Crippen LogP contribution is -2.46. The summed E-state index contributed by atoms with van der Waals surface area (Å²) < 4.78 is 36.1. The van der Waals surface area contributed by atoms with E-state index in [1.54, 1.807) is 0 Å². The van der Waals surface area contributed by atoms with Gasteiger partial charge in [-0.25, -0.2) is 0 Å². The minimum absolute atomic E-state index is 0.222. The number of nitrogens with zero attached hydrogens (tertiary/aromatic N) is 2. The molecule has 0 aliphatic carbocycles. The minimum atomic E-state index is -4.01. The van der Waals surface area contributed by atoms with Crippen LogP contribution in [0.4, 0.5) is 13.2 Å². The summed E-state index contributed by atoms with van der Waals surface area (Å²) in [4.78, 5) is 4.54. The molecule has 0 radical (unpaired) electrons. The van der Waals surface area contributed by atoms with Crippen LogP contribution < -0.4 is 5.73 Å². The largest absolute Gasteiger partial charge is 0.389 e. The number of nitrogens with two attached hydrogens (primary N) is 1. The Balaban J connectivity index is 2.02. The Hall–Kier alpha value is -0.330. The van der Waals surface area contributed by atoms with Gasteiger partial charge in [0, 0.05) is 32.6 Å². The molecule has 1 fully saturated rings. The first-order valence-corrected chi connectivity index (χ1v) is 7.23. The van der Waals surface area contributed by atoms with E-state index in [-0.39, 0.29) is 6.42 Å². The van der Waals surface area contributed by atoms with Gasteiger partial charge in [-0.05, 0) is 38.9 Å². The molecule has 1 rings (SSSR count). The van der Waals surface area contributed by atoms with Gasteiger partial charge < -0.3 is 15.5 Å². The molecule has 3 nitrogen and oxygen atoms in total. The van der Waals surface area contributed by atoms with E-state index >= 15 is 0 Å². The first-order valence-electron chi connectivity index (χ1n) is 7.23. The van der Waals surface area contributed by atoms with Gasteiger partial charge in [0.1, 0.15) is 0 Å². The lowest BCUT2D eigenvalue weighted by molar-refractivity contribution is -0.136. The summed E-state index contributed by atoms with van der Waals surface area (Å²) in [6.07, 6.45) is -1.03. The molecule has 19 heavy (non-hydrogen) atoms. The maximum Gasteiger partial charge on any atom is 0.389 e. The highest BCUT2D eigenvalue weighted by molar-refractivity contribution is 4.72. The van der Waals surface area contributed by atoms with E-state index in [2.05, 4.69) is 9.80 Å². The summed E-state index contributed by atoms with van der Waals surface area (Å²) in [6.45, 7) is 6.18. The average Bonchev–Trinajstić information content (AvgIpc) is 2.35. The van der Waals surface area contributed by atoms with Gasteiger partial charge in [0.15, 0.2) is 0 Å². The molecule has 0 aromatic rings. The first-order chi connectivity index (χ1) is 9.01. The predicted molar refractivity (Wildman–Crippen MR) is 71.1 cm³/mol. The molecule has 1 heterocycles. The Morgan fingerprint density at radius 1 is 0.789 bits per heavy atom. The molecule has 0 saturated carbocycles. The van der Waals surface area contributed by atoms with Crippen molar-refractivity contribution < 1.29 is 13.2 Å². The van der Waals surface area contributed by atoms with Gasteiger partial charge in [-0.1, -0.05) is 6.42 Å². The molecular weight excluding hydrogens is 255 g/mol. The first kappa shape index (κ1) is 16.7. The molecule has 0 bridgehead atoms. The van der Waals surface area contributed by atoms with Gasteiger partial charge in [0.05, 0.1) is 0 Å². The molecule has 6 heteroatoms. The number of hydrogen-bond acceptors (Lipinski definition) is 3. The van der Waals surface area contributed by atoms with E-state index in [0.717, 1.165) is 45.7 Å². The molecule has 114 valence electrons. The zero-order valence-electron chi connectivity index (χ0n) is 11.6. The van der Waals surface area contributed by atoms with Crippen LogP contribution in [0.5, 0.6) is 0 Å². The maximum atomic E-state index is 12.0. The molecule has 0 aromatic heterocycles. The summed E-state index contributed by atoms with van der Waals surface area (Å²) in [5.41, 5.74) is 5.44. The fourth-order valence-corrected chi connectivity index (χ4v) is 2.40. The summed E-state index contributed by atoms with van der Waals surface area (Å²) in [7, 11) is 0. The molecule has 0 amide bonds. The third-order valence-corrected chi connectivity index (χ3v) is 3.58. The molecule has 0 aromatic carbocycles. The van der Waals surface area contributed by atoms with Crippen LogP contribution in [0.2, 0.25) is 0 Å². The number of piperazine rings is 1. The van der Waals surface area contributed by atoms with Crippen LogP contribution in [0, 0.1) is 0 Å². The van der Waals surface area contributed by atoms with Crippen molar-refractivity contribution in [3.8, 4) is 0 Å². The number of unbranched alkanes of at least 4 members (excludes halogenated alkanes) is 2. The fraction of sp³-hybridized carbons (Fsp3) is 1.00. The molecule has 0 unspecified atom stereocenters. The topological polar surface area (TPSA) is 32.5 Å². The Bertz CT molecular complexity index is 226. The van der Waals surface area contributed by atoms with Gasteiger partial charge in [-0.3, -0.25) is 0 Å². The monoisotopic (exact) mass is 281 g/mol. The van der Waals surface area contributed by atoms with Crippen molar-refractivity contribution in [3.05, 3.63) is 0 Å². The third kappa shape index (κ3) is 8.44. The van der Waals surface area contributed by atoms with Crippen LogP contribution >= 0.6 is 0 Å². The molecule has 1 saturated heterocycles. The summed E-state index contributed by atoms with van der Waals surface area (Å²) in [5, 5.41) is 0. The predicted octanol–water partition coefficient (Wildman–Crippen LogP) is 2.08. The lowest BCUT2D eigenvalue weighted by atomic mass is 10.2. The Morgan fingerprint density at radius 3 is 1.79 bits per heavy atom. The van der Waals surface area contributed by atoms with Gasteiger partial charge in [0.25, 0.3) is 0 Å². The van der Waals surface area contributed by atoms with Crippen LogP contribution in [0.25, 0.3) is 0 Å². The minimum Gasteiger partial charge on any atom is -0.330 e. The molecule has 1 aliphatic heterocycles. The molecule has 0 atom stereocenters. The number of hydrogen-bond donors (Lipinski definition) is 1. The van der Waals surface area contributed by atoms with E-state index < -0.39 is 12.6 Å². The SMILES string of the molecule is NCCCCCN1CCN(CCCC(F)(F)F)CC1. The molecule has 0 spiro atoms. The third-order valence-electron chi connectivity index (χ3n) is 3.58. The van der Waals surface area contributed by atoms with Crippen LogP contribution in [0.1, 0.15) is 32.1 Å². The van der Waals surface area contributed by atoms with Crippen molar-refractivity contribution in [2.45, 2.75) is 38.3 Å². The molecule has 2 N–H and O–H groups in total. The van der Waals surface area contributed by atoms with Crippen LogP contribution in [-0.4, -0.2) is 61.8 Å². The molecular formula is C13H26F3N3. The van der Waals surface area contributed by atoms with E-state index in [9.17, 15) is 13.2 Å².